The number of benzene rings is 2. The van der Waals surface area contributed by atoms with E-state index in [-0.39, 0.29) is 5.56 Å². The zero-order valence-corrected chi connectivity index (χ0v) is 12.9. The van der Waals surface area contributed by atoms with Gasteiger partial charge in [0.05, 0.1) is 17.1 Å². The molecule has 0 saturated heterocycles. The highest BCUT2D eigenvalue weighted by Gasteiger charge is 2.06. The minimum atomic E-state index is -0.165. The average Bonchev–Trinajstić information content (AvgIpc) is 2.49. The molecule has 0 saturated carbocycles. The summed E-state index contributed by atoms with van der Waals surface area (Å²) < 4.78 is 2.25. The molecule has 0 aliphatic rings. The average molecular weight is 342 g/mol. The molecule has 0 radical (unpaired) electrons. The maximum absolute atomic E-state index is 12.5. The Morgan fingerprint density at radius 3 is 2.67 bits per heavy atom. The first-order valence-corrected chi connectivity index (χ1v) is 7.23. The van der Waals surface area contributed by atoms with Crippen molar-refractivity contribution in [3.05, 3.63) is 74.7 Å². The second-order valence-corrected chi connectivity index (χ2v) is 5.41. The van der Waals surface area contributed by atoms with E-state index < -0.39 is 0 Å². The number of fused-ring (bicyclic) bond motifs is 1. The zero-order valence-electron chi connectivity index (χ0n) is 11.3. The van der Waals surface area contributed by atoms with Gasteiger partial charge in [0, 0.05) is 10.0 Å². The lowest BCUT2D eigenvalue weighted by Gasteiger charge is -2.05. The van der Waals surface area contributed by atoms with Crippen molar-refractivity contribution in [2.24, 2.45) is 5.10 Å². The van der Waals surface area contributed by atoms with Gasteiger partial charge in [0.2, 0.25) is 0 Å². The van der Waals surface area contributed by atoms with Gasteiger partial charge in [-0.1, -0.05) is 46.3 Å². The summed E-state index contributed by atoms with van der Waals surface area (Å²) in [5.41, 5.74) is 1.42. The number of para-hydroxylation sites is 1. The summed E-state index contributed by atoms with van der Waals surface area (Å²) in [5.74, 6) is 0.557. The third-order valence-corrected chi connectivity index (χ3v) is 3.86. The molecule has 0 bridgehead atoms. The molecule has 2 aromatic carbocycles. The van der Waals surface area contributed by atoms with Crippen LogP contribution in [0.1, 0.15) is 11.4 Å². The Labute approximate surface area is 129 Å². The Kier molecular flexibility index (Phi) is 3.66. The lowest BCUT2D eigenvalue weighted by molar-refractivity contribution is 0.771. The zero-order chi connectivity index (χ0) is 14.8. The third-order valence-electron chi connectivity index (χ3n) is 3.13. The Morgan fingerprint density at radius 1 is 1.14 bits per heavy atom. The molecule has 0 amide bonds. The van der Waals surface area contributed by atoms with Crippen LogP contribution >= 0.6 is 15.9 Å². The van der Waals surface area contributed by atoms with E-state index in [0.717, 1.165) is 10.0 Å². The molecule has 0 aliphatic heterocycles. The van der Waals surface area contributed by atoms with Gasteiger partial charge in [-0.2, -0.15) is 9.78 Å². The molecule has 104 valence electrons. The van der Waals surface area contributed by atoms with Crippen LogP contribution in [-0.2, 0) is 0 Å². The smallest absolute Gasteiger partial charge is 0.267 e. The minimum absolute atomic E-state index is 0.165. The molecule has 0 fully saturated rings. The fourth-order valence-corrected chi connectivity index (χ4v) is 2.46. The topological polar surface area (TPSA) is 47.2 Å². The summed E-state index contributed by atoms with van der Waals surface area (Å²) in [6.45, 7) is 1.77. The van der Waals surface area contributed by atoms with E-state index in [1.54, 1.807) is 19.2 Å². The highest BCUT2D eigenvalue weighted by atomic mass is 79.9. The first-order valence-electron chi connectivity index (χ1n) is 6.44. The summed E-state index contributed by atoms with van der Waals surface area (Å²) >= 11 is 3.45. The molecule has 0 spiro atoms. The standard InChI is InChI=1S/C16H12BrN3O/c1-11-19-15-9-5-3-7-13(15)16(21)20(11)18-10-12-6-2-4-8-14(12)17/h2-10H,1H3. The lowest BCUT2D eigenvalue weighted by atomic mass is 10.2. The predicted molar refractivity (Wildman–Crippen MR) is 87.9 cm³/mol. The van der Waals surface area contributed by atoms with Gasteiger partial charge < -0.3 is 0 Å². The van der Waals surface area contributed by atoms with E-state index in [0.29, 0.717) is 16.7 Å². The first kappa shape index (κ1) is 13.7. The van der Waals surface area contributed by atoms with Crippen molar-refractivity contribution in [3.8, 4) is 0 Å². The molecular weight excluding hydrogens is 330 g/mol. The van der Waals surface area contributed by atoms with Gasteiger partial charge in [0.25, 0.3) is 5.56 Å². The molecule has 3 aromatic rings. The Hall–Kier alpha value is -2.27. The van der Waals surface area contributed by atoms with Gasteiger partial charge in [-0.05, 0) is 25.1 Å². The van der Waals surface area contributed by atoms with Crippen molar-refractivity contribution in [2.45, 2.75) is 6.92 Å². The van der Waals surface area contributed by atoms with Crippen LogP contribution < -0.4 is 5.56 Å². The molecule has 5 heteroatoms. The highest BCUT2D eigenvalue weighted by Crippen LogP contribution is 2.13. The molecule has 3 rings (SSSR count). The fourth-order valence-electron chi connectivity index (χ4n) is 2.07. The monoisotopic (exact) mass is 341 g/mol. The van der Waals surface area contributed by atoms with Crippen LogP contribution in [-0.4, -0.2) is 15.9 Å². The molecule has 0 aliphatic carbocycles. The van der Waals surface area contributed by atoms with Crippen LogP contribution in [0, 0.1) is 6.92 Å². The molecule has 1 heterocycles. The van der Waals surface area contributed by atoms with Crippen molar-refractivity contribution < 1.29 is 0 Å². The summed E-state index contributed by atoms with van der Waals surface area (Å²) in [4.78, 5) is 16.9. The van der Waals surface area contributed by atoms with E-state index in [1.807, 2.05) is 42.5 Å². The second-order valence-electron chi connectivity index (χ2n) is 4.56. The van der Waals surface area contributed by atoms with Gasteiger partial charge in [-0.15, -0.1) is 0 Å². The molecular formula is C16H12BrN3O. The van der Waals surface area contributed by atoms with Crippen LogP contribution in [0.25, 0.3) is 10.9 Å². The van der Waals surface area contributed by atoms with Crippen molar-refractivity contribution in [2.75, 3.05) is 0 Å². The Morgan fingerprint density at radius 2 is 1.86 bits per heavy atom. The highest BCUT2D eigenvalue weighted by molar-refractivity contribution is 9.10. The fraction of sp³-hybridized carbons (Fsp3) is 0.0625. The normalized spacial score (nSPS) is 11.3. The van der Waals surface area contributed by atoms with Gasteiger partial charge in [0.1, 0.15) is 5.82 Å². The van der Waals surface area contributed by atoms with Crippen LogP contribution in [0.15, 0.2) is 62.9 Å². The van der Waals surface area contributed by atoms with E-state index in [1.165, 1.54) is 4.68 Å². The Bertz CT molecular complexity index is 899. The van der Waals surface area contributed by atoms with E-state index in [2.05, 4.69) is 26.0 Å². The largest absolute Gasteiger partial charge is 0.282 e. The van der Waals surface area contributed by atoms with E-state index in [9.17, 15) is 4.79 Å². The van der Waals surface area contributed by atoms with Gasteiger partial charge in [-0.3, -0.25) is 4.79 Å². The first-order chi connectivity index (χ1) is 10.2. The van der Waals surface area contributed by atoms with Crippen molar-refractivity contribution in [1.29, 1.82) is 0 Å². The van der Waals surface area contributed by atoms with Crippen molar-refractivity contribution in [3.63, 3.8) is 0 Å². The van der Waals surface area contributed by atoms with Crippen LogP contribution in [0.5, 0.6) is 0 Å². The lowest BCUT2D eigenvalue weighted by Crippen LogP contribution is -2.20. The molecule has 21 heavy (non-hydrogen) atoms. The number of aryl methyl sites for hydroxylation is 1. The van der Waals surface area contributed by atoms with Gasteiger partial charge in [0.15, 0.2) is 0 Å². The van der Waals surface area contributed by atoms with Crippen LogP contribution in [0.2, 0.25) is 0 Å². The SMILES string of the molecule is Cc1nc2ccccc2c(=O)n1N=Cc1ccccc1Br. The number of halogens is 1. The maximum Gasteiger partial charge on any atom is 0.282 e. The van der Waals surface area contributed by atoms with Crippen molar-refractivity contribution >= 4 is 33.0 Å². The molecule has 0 N–H and O–H groups in total. The van der Waals surface area contributed by atoms with Crippen LogP contribution in [0.4, 0.5) is 0 Å². The maximum atomic E-state index is 12.5. The number of nitrogens with zero attached hydrogens (tertiary/aromatic N) is 3. The minimum Gasteiger partial charge on any atom is -0.267 e. The Balaban J connectivity index is 2.13. The van der Waals surface area contributed by atoms with E-state index in [4.69, 9.17) is 0 Å². The predicted octanol–water partition coefficient (Wildman–Crippen LogP) is 3.35. The number of hydrogen-bond acceptors (Lipinski definition) is 3. The summed E-state index contributed by atoms with van der Waals surface area (Å²) in [6.07, 6.45) is 1.65. The van der Waals surface area contributed by atoms with Gasteiger partial charge in [-0.25, -0.2) is 4.98 Å². The molecule has 0 atom stereocenters. The summed E-state index contributed by atoms with van der Waals surface area (Å²) in [5, 5.41) is 4.84. The molecule has 0 unspecified atom stereocenters. The number of aromatic nitrogens is 2. The quantitative estimate of drug-likeness (QED) is 0.671. The van der Waals surface area contributed by atoms with Gasteiger partial charge >= 0.3 is 0 Å². The number of rotatable bonds is 2. The number of hydrogen-bond donors (Lipinski definition) is 0. The summed E-state index contributed by atoms with van der Waals surface area (Å²) in [7, 11) is 0. The van der Waals surface area contributed by atoms with Crippen molar-refractivity contribution in [1.82, 2.24) is 9.66 Å². The van der Waals surface area contributed by atoms with E-state index >= 15 is 0 Å². The van der Waals surface area contributed by atoms with Crippen LogP contribution in [0.3, 0.4) is 0 Å². The molecule has 1 aromatic heterocycles. The summed E-state index contributed by atoms with van der Waals surface area (Å²) in [6, 6.07) is 15.0. The third kappa shape index (κ3) is 2.64. The molecule has 4 nitrogen and oxygen atoms in total. The second kappa shape index (κ2) is 5.61.